The molecule has 6 nitrogen and oxygen atoms in total. The first kappa shape index (κ1) is 18.1. The van der Waals surface area contributed by atoms with E-state index in [9.17, 15) is 0 Å². The van der Waals surface area contributed by atoms with Crippen LogP contribution in [0, 0.1) is 0 Å². The molecule has 1 atom stereocenters. The van der Waals surface area contributed by atoms with Crippen LogP contribution in [0.25, 0.3) is 5.65 Å². The Morgan fingerprint density at radius 1 is 1.19 bits per heavy atom. The lowest BCUT2D eigenvalue weighted by atomic mass is 9.96. The van der Waals surface area contributed by atoms with Gasteiger partial charge in [0.15, 0.2) is 17.1 Å². The van der Waals surface area contributed by atoms with Gasteiger partial charge >= 0.3 is 0 Å². The first-order valence-electron chi connectivity index (χ1n) is 9.12. The maximum absolute atomic E-state index is 6.36. The SMILES string of the molecule is COc1cc(CN2CCCC(c3nnc4ccccn34)C2)cc(Cl)c1OC. The van der Waals surface area contributed by atoms with Crippen LogP contribution in [-0.4, -0.2) is 46.8 Å². The van der Waals surface area contributed by atoms with Crippen LogP contribution in [0.5, 0.6) is 11.5 Å². The van der Waals surface area contributed by atoms with Crippen molar-refractivity contribution in [3.63, 3.8) is 0 Å². The summed E-state index contributed by atoms with van der Waals surface area (Å²) in [6.07, 6.45) is 4.30. The number of pyridine rings is 1. The number of benzene rings is 1. The Bertz CT molecular complexity index is 943. The van der Waals surface area contributed by atoms with Crippen LogP contribution in [0.15, 0.2) is 36.5 Å². The summed E-state index contributed by atoms with van der Waals surface area (Å²) in [7, 11) is 3.23. The highest BCUT2D eigenvalue weighted by atomic mass is 35.5. The van der Waals surface area contributed by atoms with E-state index in [1.807, 2.05) is 36.5 Å². The molecule has 3 heterocycles. The fraction of sp³-hybridized carbons (Fsp3) is 0.400. The molecule has 1 aliphatic heterocycles. The van der Waals surface area contributed by atoms with E-state index in [0.29, 0.717) is 22.4 Å². The zero-order chi connectivity index (χ0) is 18.8. The topological polar surface area (TPSA) is 51.9 Å². The third-order valence-electron chi connectivity index (χ3n) is 5.11. The molecule has 1 aromatic carbocycles. The Labute approximate surface area is 163 Å². The molecule has 142 valence electrons. The lowest BCUT2D eigenvalue weighted by Crippen LogP contribution is -2.34. The van der Waals surface area contributed by atoms with E-state index < -0.39 is 0 Å². The van der Waals surface area contributed by atoms with Crippen molar-refractivity contribution in [3.8, 4) is 11.5 Å². The molecule has 0 N–H and O–H groups in total. The van der Waals surface area contributed by atoms with Crippen molar-refractivity contribution in [3.05, 3.63) is 52.9 Å². The van der Waals surface area contributed by atoms with Crippen molar-refractivity contribution in [2.75, 3.05) is 27.3 Å². The molecule has 1 fully saturated rings. The smallest absolute Gasteiger partial charge is 0.179 e. The zero-order valence-corrected chi connectivity index (χ0v) is 16.3. The number of hydrogen-bond acceptors (Lipinski definition) is 5. The molecule has 0 radical (unpaired) electrons. The molecule has 2 aromatic heterocycles. The number of nitrogens with zero attached hydrogens (tertiary/aromatic N) is 4. The van der Waals surface area contributed by atoms with E-state index >= 15 is 0 Å². The summed E-state index contributed by atoms with van der Waals surface area (Å²) < 4.78 is 12.9. The maximum atomic E-state index is 6.36. The lowest BCUT2D eigenvalue weighted by Gasteiger charge is -2.32. The lowest BCUT2D eigenvalue weighted by molar-refractivity contribution is 0.196. The summed E-state index contributed by atoms with van der Waals surface area (Å²) in [5, 5.41) is 9.33. The fourth-order valence-corrected chi connectivity index (χ4v) is 4.18. The van der Waals surface area contributed by atoms with Gasteiger partial charge in [-0.2, -0.15) is 0 Å². The summed E-state index contributed by atoms with van der Waals surface area (Å²) in [5.74, 6) is 2.65. The van der Waals surface area contributed by atoms with Crippen LogP contribution in [-0.2, 0) is 6.54 Å². The summed E-state index contributed by atoms with van der Waals surface area (Å²) >= 11 is 6.36. The molecular weight excluding hydrogens is 364 g/mol. The van der Waals surface area contributed by atoms with Crippen LogP contribution in [0.1, 0.15) is 30.1 Å². The summed E-state index contributed by atoms with van der Waals surface area (Å²) in [5.41, 5.74) is 2.01. The molecule has 4 rings (SSSR count). The number of rotatable bonds is 5. The van der Waals surface area contributed by atoms with Gasteiger partial charge in [0, 0.05) is 25.2 Å². The molecule has 0 spiro atoms. The Balaban J connectivity index is 1.53. The zero-order valence-electron chi connectivity index (χ0n) is 15.6. The van der Waals surface area contributed by atoms with Crippen LogP contribution in [0.2, 0.25) is 5.02 Å². The molecule has 27 heavy (non-hydrogen) atoms. The van der Waals surface area contributed by atoms with Gasteiger partial charge < -0.3 is 9.47 Å². The first-order valence-corrected chi connectivity index (χ1v) is 9.50. The Morgan fingerprint density at radius 2 is 2.07 bits per heavy atom. The molecule has 1 aliphatic rings. The van der Waals surface area contributed by atoms with Crippen LogP contribution >= 0.6 is 11.6 Å². The number of piperidine rings is 1. The minimum atomic E-state index is 0.367. The van der Waals surface area contributed by atoms with Gasteiger partial charge in [-0.05, 0) is 49.2 Å². The van der Waals surface area contributed by atoms with Crippen molar-refractivity contribution < 1.29 is 9.47 Å². The highest BCUT2D eigenvalue weighted by Gasteiger charge is 2.25. The number of methoxy groups -OCH3 is 2. The second kappa shape index (κ2) is 7.74. The third kappa shape index (κ3) is 3.59. The van der Waals surface area contributed by atoms with E-state index in [1.54, 1.807) is 14.2 Å². The molecule has 7 heteroatoms. The van der Waals surface area contributed by atoms with Crippen molar-refractivity contribution in [1.29, 1.82) is 0 Å². The van der Waals surface area contributed by atoms with E-state index in [0.717, 1.165) is 49.5 Å². The van der Waals surface area contributed by atoms with Crippen molar-refractivity contribution in [2.45, 2.75) is 25.3 Å². The average Bonchev–Trinajstić information content (AvgIpc) is 3.12. The number of ether oxygens (including phenoxy) is 2. The number of halogens is 1. The van der Waals surface area contributed by atoms with Gasteiger partial charge in [-0.25, -0.2) is 0 Å². The first-order chi connectivity index (χ1) is 13.2. The Kier molecular flexibility index (Phi) is 5.18. The van der Waals surface area contributed by atoms with Gasteiger partial charge in [-0.15, -0.1) is 10.2 Å². The van der Waals surface area contributed by atoms with E-state index in [2.05, 4.69) is 19.5 Å². The predicted molar refractivity (Wildman–Crippen MR) is 105 cm³/mol. The molecule has 0 amide bonds. The molecular formula is C20H23ClN4O2. The number of hydrogen-bond donors (Lipinski definition) is 0. The quantitative estimate of drug-likeness (QED) is 0.668. The molecule has 3 aromatic rings. The van der Waals surface area contributed by atoms with Gasteiger partial charge in [0.25, 0.3) is 0 Å². The number of aromatic nitrogens is 3. The predicted octanol–water partition coefficient (Wildman–Crippen LogP) is 3.78. The van der Waals surface area contributed by atoms with Crippen molar-refractivity contribution in [1.82, 2.24) is 19.5 Å². The van der Waals surface area contributed by atoms with Gasteiger partial charge in [0.1, 0.15) is 5.82 Å². The highest BCUT2D eigenvalue weighted by Crippen LogP contribution is 2.37. The monoisotopic (exact) mass is 386 g/mol. The van der Waals surface area contributed by atoms with Gasteiger partial charge in [0.05, 0.1) is 19.2 Å². The Morgan fingerprint density at radius 3 is 2.89 bits per heavy atom. The largest absolute Gasteiger partial charge is 0.493 e. The van der Waals surface area contributed by atoms with Crippen LogP contribution in [0.4, 0.5) is 0 Å². The number of fused-ring (bicyclic) bond motifs is 1. The molecule has 0 saturated carbocycles. The second-order valence-corrected chi connectivity index (χ2v) is 7.28. The summed E-state index contributed by atoms with van der Waals surface area (Å²) in [6, 6.07) is 9.95. The van der Waals surface area contributed by atoms with Crippen molar-refractivity contribution >= 4 is 17.2 Å². The highest BCUT2D eigenvalue weighted by molar-refractivity contribution is 6.32. The molecule has 1 saturated heterocycles. The van der Waals surface area contributed by atoms with E-state index in [-0.39, 0.29) is 0 Å². The van der Waals surface area contributed by atoms with Gasteiger partial charge in [-0.1, -0.05) is 17.7 Å². The minimum absolute atomic E-state index is 0.367. The summed E-state index contributed by atoms with van der Waals surface area (Å²) in [4.78, 5) is 2.44. The van der Waals surface area contributed by atoms with E-state index in [1.165, 1.54) is 0 Å². The fourth-order valence-electron chi connectivity index (χ4n) is 3.87. The average molecular weight is 387 g/mol. The number of likely N-dealkylation sites (tertiary alicyclic amines) is 1. The van der Waals surface area contributed by atoms with E-state index in [4.69, 9.17) is 21.1 Å². The van der Waals surface area contributed by atoms with Gasteiger partial charge in [-0.3, -0.25) is 9.30 Å². The summed E-state index contributed by atoms with van der Waals surface area (Å²) in [6.45, 7) is 2.81. The second-order valence-electron chi connectivity index (χ2n) is 6.87. The molecule has 1 unspecified atom stereocenters. The van der Waals surface area contributed by atoms with Gasteiger partial charge in [0.2, 0.25) is 0 Å². The normalized spacial score (nSPS) is 18.0. The molecule has 0 aliphatic carbocycles. The standard InChI is InChI=1S/C20H23ClN4O2/c1-26-17-11-14(10-16(21)19(17)27-2)12-24-8-5-6-15(13-24)20-23-22-18-7-3-4-9-25(18)20/h3-4,7,9-11,15H,5-6,8,12-13H2,1-2H3. The maximum Gasteiger partial charge on any atom is 0.179 e. The minimum Gasteiger partial charge on any atom is -0.493 e. The third-order valence-corrected chi connectivity index (χ3v) is 5.39. The van der Waals surface area contributed by atoms with Crippen LogP contribution < -0.4 is 9.47 Å². The van der Waals surface area contributed by atoms with Crippen molar-refractivity contribution in [2.24, 2.45) is 0 Å². The van der Waals surface area contributed by atoms with Crippen LogP contribution in [0.3, 0.4) is 0 Å². The molecule has 0 bridgehead atoms. The Hall–Kier alpha value is -2.31.